The van der Waals surface area contributed by atoms with Gasteiger partial charge in [0.15, 0.2) is 0 Å². The number of carbonyl (C=O) groups excluding carboxylic acids is 1. The average Bonchev–Trinajstić information content (AvgIpc) is 2.84. The summed E-state index contributed by atoms with van der Waals surface area (Å²) in [6.45, 7) is 0. The van der Waals surface area contributed by atoms with Gasteiger partial charge in [-0.1, -0.05) is 47.7 Å². The summed E-state index contributed by atoms with van der Waals surface area (Å²) < 4.78 is 38.7. The number of benzene rings is 1. The van der Waals surface area contributed by atoms with E-state index in [0.717, 1.165) is 17.8 Å². The molecule has 2 heterocycles. The maximum absolute atomic E-state index is 12.8. The number of alkyl halides is 3. The quantitative estimate of drug-likeness (QED) is 0.574. The summed E-state index contributed by atoms with van der Waals surface area (Å²) in [7, 11) is 0. The minimum atomic E-state index is -4.51. The molecule has 0 bridgehead atoms. The monoisotopic (exact) mass is 400 g/mol. The molecule has 1 amide bonds. The third-order valence-corrected chi connectivity index (χ3v) is 4.74. The van der Waals surface area contributed by atoms with Crippen LogP contribution in [0.1, 0.15) is 11.3 Å². The van der Waals surface area contributed by atoms with Crippen molar-refractivity contribution in [2.75, 3.05) is 0 Å². The van der Waals surface area contributed by atoms with E-state index in [9.17, 15) is 18.0 Å². The minimum Gasteiger partial charge on any atom is -0.307 e. The highest BCUT2D eigenvalue weighted by Crippen LogP contribution is 2.36. The lowest BCUT2D eigenvalue weighted by molar-refractivity contribution is -0.137. The molecule has 0 aliphatic carbocycles. The molecule has 1 aromatic heterocycles. The van der Waals surface area contributed by atoms with Gasteiger partial charge in [0.1, 0.15) is 4.32 Å². The van der Waals surface area contributed by atoms with Crippen LogP contribution in [0.3, 0.4) is 0 Å². The number of aromatic nitrogens is 1. The van der Waals surface area contributed by atoms with Crippen LogP contribution in [0.5, 0.6) is 0 Å². The fraction of sp³-hybridized carbons (Fsp3) is 0.0625. The SMILES string of the molecule is O=C1NC(=S)S/C1=C\c1cccc(-c2ccc(C(F)(F)F)c(Cl)c2)n1. The molecule has 3 nitrogen and oxygen atoms in total. The van der Waals surface area contributed by atoms with Crippen LogP contribution in [-0.4, -0.2) is 15.2 Å². The third-order valence-electron chi connectivity index (χ3n) is 3.26. The molecule has 2 aromatic rings. The van der Waals surface area contributed by atoms with Gasteiger partial charge in [0.05, 0.1) is 26.9 Å². The molecule has 1 N–H and O–H groups in total. The Kier molecular flexibility index (Phi) is 4.86. The predicted octanol–water partition coefficient (Wildman–Crippen LogP) is 4.91. The van der Waals surface area contributed by atoms with E-state index < -0.39 is 16.8 Å². The Balaban J connectivity index is 1.95. The van der Waals surface area contributed by atoms with E-state index in [1.54, 1.807) is 24.3 Å². The van der Waals surface area contributed by atoms with E-state index in [1.807, 2.05) is 0 Å². The number of rotatable bonds is 2. The van der Waals surface area contributed by atoms with Crippen molar-refractivity contribution < 1.29 is 18.0 Å². The Bertz CT molecular complexity index is 912. The second-order valence-corrected chi connectivity index (χ2v) is 7.12. The lowest BCUT2D eigenvalue weighted by Gasteiger charge is -2.10. The summed E-state index contributed by atoms with van der Waals surface area (Å²) in [5.41, 5.74) is 0.466. The van der Waals surface area contributed by atoms with Gasteiger partial charge in [0, 0.05) is 5.56 Å². The molecule has 1 aliphatic heterocycles. The van der Waals surface area contributed by atoms with Crippen molar-refractivity contribution in [3.63, 3.8) is 0 Å². The number of hydrogen-bond donors (Lipinski definition) is 1. The molecule has 1 fully saturated rings. The number of nitrogens with zero attached hydrogens (tertiary/aromatic N) is 1. The second kappa shape index (κ2) is 6.78. The average molecular weight is 401 g/mol. The topological polar surface area (TPSA) is 42.0 Å². The van der Waals surface area contributed by atoms with Crippen molar-refractivity contribution in [2.45, 2.75) is 6.18 Å². The Hall–Kier alpha value is -1.90. The Morgan fingerprint density at radius 1 is 1.24 bits per heavy atom. The highest BCUT2D eigenvalue weighted by atomic mass is 35.5. The van der Waals surface area contributed by atoms with Gasteiger partial charge in [0.25, 0.3) is 5.91 Å². The molecular formula is C16H8ClF3N2OS2. The van der Waals surface area contributed by atoms with E-state index >= 15 is 0 Å². The van der Waals surface area contributed by atoms with Gasteiger partial charge in [-0.2, -0.15) is 13.2 Å². The lowest BCUT2D eigenvalue weighted by Crippen LogP contribution is -2.17. The molecule has 0 unspecified atom stereocenters. The van der Waals surface area contributed by atoms with Crippen molar-refractivity contribution in [1.82, 2.24) is 10.3 Å². The first kappa shape index (κ1) is 17.9. The summed E-state index contributed by atoms with van der Waals surface area (Å²) in [6, 6.07) is 8.46. The van der Waals surface area contributed by atoms with Crippen molar-refractivity contribution in [3.8, 4) is 11.3 Å². The van der Waals surface area contributed by atoms with Gasteiger partial charge in [-0.05, 0) is 30.3 Å². The molecule has 25 heavy (non-hydrogen) atoms. The maximum Gasteiger partial charge on any atom is 0.417 e. The van der Waals surface area contributed by atoms with Crippen molar-refractivity contribution >= 4 is 51.9 Å². The summed E-state index contributed by atoms with van der Waals surface area (Å²) in [5.74, 6) is -0.306. The highest BCUT2D eigenvalue weighted by molar-refractivity contribution is 8.26. The van der Waals surface area contributed by atoms with Gasteiger partial charge in [-0.3, -0.25) is 4.79 Å². The van der Waals surface area contributed by atoms with E-state index in [-0.39, 0.29) is 5.91 Å². The maximum atomic E-state index is 12.8. The van der Waals surface area contributed by atoms with Crippen LogP contribution in [0, 0.1) is 0 Å². The van der Waals surface area contributed by atoms with Gasteiger partial charge >= 0.3 is 6.18 Å². The van der Waals surface area contributed by atoms with Crippen LogP contribution in [0.2, 0.25) is 5.02 Å². The third kappa shape index (κ3) is 4.02. The fourth-order valence-corrected chi connectivity index (χ4v) is 3.47. The van der Waals surface area contributed by atoms with Crippen molar-refractivity contribution in [1.29, 1.82) is 0 Å². The molecule has 9 heteroatoms. The van der Waals surface area contributed by atoms with Gasteiger partial charge in [0.2, 0.25) is 0 Å². The number of halogens is 4. The Labute approximate surface area is 155 Å². The first-order chi connectivity index (χ1) is 11.7. The zero-order valence-corrected chi connectivity index (χ0v) is 14.6. The number of pyridine rings is 1. The number of amides is 1. The highest BCUT2D eigenvalue weighted by Gasteiger charge is 2.33. The second-order valence-electron chi connectivity index (χ2n) is 4.99. The first-order valence-electron chi connectivity index (χ1n) is 6.83. The number of hydrogen-bond acceptors (Lipinski definition) is 4. The molecular weight excluding hydrogens is 393 g/mol. The van der Waals surface area contributed by atoms with Gasteiger partial charge < -0.3 is 5.32 Å². The fourth-order valence-electron chi connectivity index (χ4n) is 2.15. The van der Waals surface area contributed by atoms with Crippen molar-refractivity contribution in [3.05, 3.63) is 57.6 Å². The molecule has 1 aliphatic rings. The largest absolute Gasteiger partial charge is 0.417 e. The molecule has 1 aromatic carbocycles. The molecule has 0 atom stereocenters. The zero-order chi connectivity index (χ0) is 18.2. The van der Waals surface area contributed by atoms with Gasteiger partial charge in [-0.25, -0.2) is 4.98 Å². The van der Waals surface area contributed by atoms with Crippen LogP contribution in [0.15, 0.2) is 41.3 Å². The van der Waals surface area contributed by atoms with E-state index in [4.69, 9.17) is 23.8 Å². The first-order valence-corrected chi connectivity index (χ1v) is 8.43. The number of thioether (sulfide) groups is 1. The lowest BCUT2D eigenvalue weighted by atomic mass is 10.1. The van der Waals surface area contributed by atoms with Crippen LogP contribution >= 0.6 is 35.6 Å². The van der Waals surface area contributed by atoms with Gasteiger partial charge in [-0.15, -0.1) is 0 Å². The summed E-state index contributed by atoms with van der Waals surface area (Å²) in [6.07, 6.45) is -2.95. The zero-order valence-electron chi connectivity index (χ0n) is 12.2. The number of thiocarbonyl (C=S) groups is 1. The van der Waals surface area contributed by atoms with Crippen LogP contribution < -0.4 is 5.32 Å². The molecule has 128 valence electrons. The smallest absolute Gasteiger partial charge is 0.307 e. The normalized spacial score (nSPS) is 16.4. The molecule has 0 spiro atoms. The predicted molar refractivity (Wildman–Crippen MR) is 96.0 cm³/mol. The van der Waals surface area contributed by atoms with Crippen LogP contribution in [0.25, 0.3) is 17.3 Å². The summed E-state index contributed by atoms with van der Waals surface area (Å²) in [5, 5.41) is 2.10. The molecule has 0 saturated carbocycles. The Morgan fingerprint density at radius 2 is 2.00 bits per heavy atom. The molecule has 0 radical (unpaired) electrons. The van der Waals surface area contributed by atoms with Crippen LogP contribution in [0.4, 0.5) is 13.2 Å². The number of carbonyl (C=O) groups is 1. The molecule has 1 saturated heterocycles. The summed E-state index contributed by atoms with van der Waals surface area (Å²) in [4.78, 5) is 16.4. The van der Waals surface area contributed by atoms with Crippen LogP contribution in [-0.2, 0) is 11.0 Å². The minimum absolute atomic E-state index is 0.306. The Morgan fingerprint density at radius 3 is 2.60 bits per heavy atom. The number of nitrogens with one attached hydrogen (secondary N) is 1. The summed E-state index contributed by atoms with van der Waals surface area (Å²) >= 11 is 11.8. The van der Waals surface area contributed by atoms with E-state index in [0.29, 0.717) is 26.2 Å². The van der Waals surface area contributed by atoms with Crippen molar-refractivity contribution in [2.24, 2.45) is 0 Å². The standard InChI is InChI=1S/C16H8ClF3N2OS2/c17-11-6-8(4-5-10(11)16(18,19)20)12-3-1-2-9(21-12)7-13-14(23)22-15(24)25-13/h1-7H,(H,22,23,24)/b13-7-. The molecule has 3 rings (SSSR count). The van der Waals surface area contributed by atoms with E-state index in [1.165, 1.54) is 12.1 Å². The van der Waals surface area contributed by atoms with E-state index in [2.05, 4.69) is 10.3 Å².